The minimum Gasteiger partial charge on any atom is -0.388 e. The summed E-state index contributed by atoms with van der Waals surface area (Å²) in [4.78, 5) is 24.1. The van der Waals surface area contributed by atoms with Crippen LogP contribution in [0, 0.1) is 5.82 Å². The minimum atomic E-state index is -1.29. The van der Waals surface area contributed by atoms with Gasteiger partial charge in [0.05, 0.1) is 12.8 Å². The largest absolute Gasteiger partial charge is 0.388 e. The first-order valence-corrected chi connectivity index (χ1v) is 5.09. The van der Waals surface area contributed by atoms with E-state index in [9.17, 15) is 24.2 Å². The zero-order valence-electron chi connectivity index (χ0n) is 9.17. The van der Waals surface area contributed by atoms with Gasteiger partial charge in [0.15, 0.2) is 6.23 Å². The number of ether oxygens (including phenoxy) is 1. The van der Waals surface area contributed by atoms with Gasteiger partial charge in [-0.25, -0.2) is 4.79 Å². The Morgan fingerprint density at radius 3 is 2.83 bits per heavy atom. The summed E-state index contributed by atoms with van der Waals surface area (Å²) in [7, 11) is 0. The Kier molecular flexibility index (Phi) is 3.16. The Hall–Kier alpha value is -1.77. The smallest absolute Gasteiger partial charge is 0.330 e. The summed E-state index contributed by atoms with van der Waals surface area (Å²) in [6.07, 6.45) is -2.91. The van der Waals surface area contributed by atoms with Crippen LogP contribution in [0.25, 0.3) is 0 Å². The molecule has 0 bridgehead atoms. The molecule has 1 aliphatic rings. The summed E-state index contributed by atoms with van der Waals surface area (Å²) in [6.45, 7) is 3.25. The fourth-order valence-corrected chi connectivity index (χ4v) is 1.67. The number of aliphatic hydroxyl groups excluding tert-OH is 2. The molecule has 0 saturated carbocycles. The van der Waals surface area contributed by atoms with Crippen molar-refractivity contribution >= 4 is 0 Å². The van der Waals surface area contributed by atoms with Crippen molar-refractivity contribution in [2.45, 2.75) is 18.4 Å². The van der Waals surface area contributed by atoms with Crippen molar-refractivity contribution in [2.75, 3.05) is 6.61 Å². The van der Waals surface area contributed by atoms with E-state index < -0.39 is 35.5 Å². The molecule has 3 N–H and O–H groups in total. The lowest BCUT2D eigenvalue weighted by Crippen LogP contribution is -2.45. The van der Waals surface area contributed by atoms with E-state index in [1.54, 1.807) is 4.98 Å². The molecule has 1 aliphatic heterocycles. The van der Waals surface area contributed by atoms with E-state index in [0.717, 1.165) is 4.57 Å². The number of halogens is 1. The summed E-state index contributed by atoms with van der Waals surface area (Å²) < 4.78 is 19.0. The molecular weight excluding hydrogens is 247 g/mol. The monoisotopic (exact) mass is 258 g/mol. The van der Waals surface area contributed by atoms with Crippen molar-refractivity contribution in [3.05, 3.63) is 45.0 Å². The van der Waals surface area contributed by atoms with E-state index in [-0.39, 0.29) is 12.2 Å². The van der Waals surface area contributed by atoms with Crippen molar-refractivity contribution in [2.24, 2.45) is 0 Å². The Balaban J connectivity index is 2.44. The van der Waals surface area contributed by atoms with E-state index in [2.05, 4.69) is 6.58 Å². The lowest BCUT2D eigenvalue weighted by Gasteiger charge is -2.33. The minimum absolute atomic E-state index is 0.00213. The standard InChI is InChI=1S/C10H11FN2O5/c1-4-7(15)6(14)3-18-9(4)13-2-5(11)8(16)12-10(13)17/h2,6-7,9,14-15H,1,3H2,(H,12,16,17)/t6-,7+,9?/m1/s1. The normalized spacial score (nSPS) is 28.4. The molecule has 3 atom stereocenters. The second kappa shape index (κ2) is 4.48. The van der Waals surface area contributed by atoms with E-state index in [1.165, 1.54) is 0 Å². The zero-order valence-corrected chi connectivity index (χ0v) is 9.17. The second-order valence-corrected chi connectivity index (χ2v) is 3.92. The number of aliphatic hydroxyl groups is 2. The maximum atomic E-state index is 13.1. The second-order valence-electron chi connectivity index (χ2n) is 3.92. The highest BCUT2D eigenvalue weighted by atomic mass is 19.1. The van der Waals surface area contributed by atoms with Crippen LogP contribution in [0.3, 0.4) is 0 Å². The van der Waals surface area contributed by atoms with Crippen molar-refractivity contribution in [3.8, 4) is 0 Å². The Morgan fingerprint density at radius 1 is 1.50 bits per heavy atom. The summed E-state index contributed by atoms with van der Waals surface area (Å²) >= 11 is 0. The van der Waals surface area contributed by atoms with E-state index in [4.69, 9.17) is 4.74 Å². The first-order chi connectivity index (χ1) is 8.41. The lowest BCUT2D eigenvalue weighted by molar-refractivity contribution is -0.107. The first kappa shape index (κ1) is 12.7. The van der Waals surface area contributed by atoms with Gasteiger partial charge in [0.25, 0.3) is 5.56 Å². The summed E-state index contributed by atoms with van der Waals surface area (Å²) in [5.41, 5.74) is -2.03. The van der Waals surface area contributed by atoms with Gasteiger partial charge in [-0.15, -0.1) is 0 Å². The summed E-state index contributed by atoms with van der Waals surface area (Å²) in [5.74, 6) is -1.16. The number of aromatic amines is 1. The highest BCUT2D eigenvalue weighted by molar-refractivity contribution is 5.12. The fourth-order valence-electron chi connectivity index (χ4n) is 1.67. The van der Waals surface area contributed by atoms with Crippen LogP contribution in [0.4, 0.5) is 4.39 Å². The molecule has 0 spiro atoms. The maximum Gasteiger partial charge on any atom is 0.330 e. The quantitative estimate of drug-likeness (QED) is 0.531. The molecule has 98 valence electrons. The van der Waals surface area contributed by atoms with Crippen LogP contribution in [0.2, 0.25) is 0 Å². The van der Waals surface area contributed by atoms with Gasteiger partial charge < -0.3 is 14.9 Å². The molecule has 1 aromatic rings. The van der Waals surface area contributed by atoms with Gasteiger partial charge >= 0.3 is 5.69 Å². The molecule has 0 aliphatic carbocycles. The number of H-pyrrole nitrogens is 1. The van der Waals surface area contributed by atoms with Crippen LogP contribution in [-0.2, 0) is 4.74 Å². The topological polar surface area (TPSA) is 105 Å². The molecule has 2 heterocycles. The average Bonchev–Trinajstić information content (AvgIpc) is 2.32. The SMILES string of the molecule is C=C1C(n2cc(F)c(=O)[nH]c2=O)OC[C@@H](O)[C@H]1O. The van der Waals surface area contributed by atoms with Gasteiger partial charge in [-0.3, -0.25) is 14.3 Å². The number of hydrogen-bond donors (Lipinski definition) is 3. The summed E-state index contributed by atoms with van der Waals surface area (Å²) in [5, 5.41) is 18.9. The third kappa shape index (κ3) is 2.01. The third-order valence-electron chi connectivity index (χ3n) is 2.66. The molecule has 1 unspecified atom stereocenters. The van der Waals surface area contributed by atoms with Crippen molar-refractivity contribution < 1.29 is 19.3 Å². The molecule has 1 aromatic heterocycles. The van der Waals surface area contributed by atoms with Crippen LogP contribution >= 0.6 is 0 Å². The van der Waals surface area contributed by atoms with Gasteiger partial charge in [0.2, 0.25) is 5.82 Å². The molecule has 8 heteroatoms. The Bertz CT molecular complexity index is 593. The van der Waals surface area contributed by atoms with E-state index >= 15 is 0 Å². The molecular formula is C10H11FN2O5. The number of nitrogens with one attached hydrogen (secondary N) is 1. The van der Waals surface area contributed by atoms with Crippen LogP contribution < -0.4 is 11.2 Å². The van der Waals surface area contributed by atoms with Crippen LogP contribution in [0.15, 0.2) is 27.9 Å². The average molecular weight is 258 g/mol. The molecule has 0 amide bonds. The Labute approximate surface area is 99.8 Å². The van der Waals surface area contributed by atoms with Gasteiger partial charge in [0.1, 0.15) is 12.2 Å². The molecule has 1 fully saturated rings. The molecule has 18 heavy (non-hydrogen) atoms. The summed E-state index contributed by atoms with van der Waals surface area (Å²) in [6, 6.07) is 0. The van der Waals surface area contributed by atoms with Crippen LogP contribution in [0.1, 0.15) is 6.23 Å². The molecule has 0 radical (unpaired) electrons. The van der Waals surface area contributed by atoms with Crippen molar-refractivity contribution in [1.82, 2.24) is 9.55 Å². The number of aromatic nitrogens is 2. The molecule has 1 saturated heterocycles. The maximum absolute atomic E-state index is 13.1. The fraction of sp³-hybridized carbons (Fsp3) is 0.400. The molecule has 7 nitrogen and oxygen atoms in total. The van der Waals surface area contributed by atoms with Crippen molar-refractivity contribution in [3.63, 3.8) is 0 Å². The lowest BCUT2D eigenvalue weighted by atomic mass is 10.0. The number of rotatable bonds is 1. The van der Waals surface area contributed by atoms with Gasteiger partial charge in [0, 0.05) is 5.57 Å². The Morgan fingerprint density at radius 2 is 2.17 bits per heavy atom. The van der Waals surface area contributed by atoms with E-state index in [1.807, 2.05) is 0 Å². The zero-order chi connectivity index (χ0) is 13.4. The third-order valence-corrected chi connectivity index (χ3v) is 2.66. The van der Waals surface area contributed by atoms with E-state index in [0.29, 0.717) is 6.20 Å². The number of hydrogen-bond acceptors (Lipinski definition) is 5. The van der Waals surface area contributed by atoms with Gasteiger partial charge in [-0.05, 0) is 0 Å². The first-order valence-electron chi connectivity index (χ1n) is 5.09. The molecule has 0 aromatic carbocycles. The predicted molar refractivity (Wildman–Crippen MR) is 57.4 cm³/mol. The van der Waals surface area contributed by atoms with Gasteiger partial charge in [-0.2, -0.15) is 4.39 Å². The molecule has 2 rings (SSSR count). The van der Waals surface area contributed by atoms with Crippen LogP contribution in [-0.4, -0.2) is 38.6 Å². The van der Waals surface area contributed by atoms with Gasteiger partial charge in [-0.1, -0.05) is 6.58 Å². The van der Waals surface area contributed by atoms with Crippen LogP contribution in [0.5, 0.6) is 0 Å². The predicted octanol–water partition coefficient (Wildman–Crippen LogP) is -1.52. The highest BCUT2D eigenvalue weighted by Gasteiger charge is 2.33. The van der Waals surface area contributed by atoms with Crippen molar-refractivity contribution in [1.29, 1.82) is 0 Å². The highest BCUT2D eigenvalue weighted by Crippen LogP contribution is 2.26. The number of nitrogens with zero attached hydrogens (tertiary/aromatic N) is 1.